The number of nitrogens with zero attached hydrogens (tertiary/aromatic N) is 2. The van der Waals surface area contributed by atoms with E-state index in [0.29, 0.717) is 5.56 Å². The maximum Gasteiger partial charge on any atom is 0.316 e. The summed E-state index contributed by atoms with van der Waals surface area (Å²) in [6.07, 6.45) is 2.99. The zero-order chi connectivity index (χ0) is 12.1. The highest BCUT2D eigenvalue weighted by Gasteiger charge is 2.23. The first-order valence-corrected chi connectivity index (χ1v) is 4.62. The van der Waals surface area contributed by atoms with Crippen LogP contribution in [0, 0.1) is 5.92 Å². The molecule has 1 atom stereocenters. The topological polar surface area (TPSA) is 89.4 Å². The van der Waals surface area contributed by atoms with Gasteiger partial charge in [0.15, 0.2) is 0 Å². The first kappa shape index (κ1) is 12.1. The van der Waals surface area contributed by atoms with Crippen molar-refractivity contribution in [2.24, 2.45) is 5.92 Å². The van der Waals surface area contributed by atoms with Crippen LogP contribution in [-0.4, -0.2) is 33.9 Å². The molecule has 0 bridgehead atoms. The molecule has 0 aliphatic heterocycles. The van der Waals surface area contributed by atoms with Crippen LogP contribution in [-0.2, 0) is 16.0 Å². The molecule has 1 heterocycles. The molecule has 1 unspecified atom stereocenters. The van der Waals surface area contributed by atoms with E-state index in [9.17, 15) is 9.59 Å². The number of carbonyl (C=O) groups is 2. The zero-order valence-electron chi connectivity index (χ0n) is 9.01. The molecule has 1 aromatic heterocycles. The van der Waals surface area contributed by atoms with Crippen LogP contribution >= 0.6 is 0 Å². The maximum absolute atomic E-state index is 11.1. The summed E-state index contributed by atoms with van der Waals surface area (Å²) in [5.41, 5.74) is 0.586. The predicted molar refractivity (Wildman–Crippen MR) is 54.1 cm³/mol. The molecule has 0 aromatic carbocycles. The van der Waals surface area contributed by atoms with E-state index in [1.54, 1.807) is 0 Å². The maximum atomic E-state index is 11.1. The third-order valence-corrected chi connectivity index (χ3v) is 2.09. The Morgan fingerprint density at radius 3 is 2.38 bits per heavy atom. The quantitative estimate of drug-likeness (QED) is 0.724. The molecule has 0 radical (unpaired) electrons. The summed E-state index contributed by atoms with van der Waals surface area (Å²) in [6, 6.07) is 0.207. The van der Waals surface area contributed by atoms with Crippen LogP contribution in [0.3, 0.4) is 0 Å². The summed E-state index contributed by atoms with van der Waals surface area (Å²) in [6.45, 7) is 1.25. The Bertz CT molecular complexity index is 374. The summed E-state index contributed by atoms with van der Waals surface area (Å²) < 4.78 is 4.76. The number of methoxy groups -OCH3 is 1. The fourth-order valence-corrected chi connectivity index (χ4v) is 1.19. The second kappa shape index (κ2) is 5.20. The number of carboxylic acids is 1. The molecule has 0 saturated carbocycles. The van der Waals surface area contributed by atoms with Crippen molar-refractivity contribution in [1.29, 1.82) is 0 Å². The predicted octanol–water partition coefficient (Wildman–Crippen LogP) is 0.317. The number of carboxylic acid groups (broad SMARTS) is 1. The fraction of sp³-hybridized carbons (Fsp3) is 0.400. The van der Waals surface area contributed by atoms with Crippen molar-refractivity contribution >= 4 is 11.8 Å². The van der Waals surface area contributed by atoms with E-state index < -0.39 is 11.9 Å². The van der Waals surface area contributed by atoms with Crippen molar-refractivity contribution in [2.45, 2.75) is 13.3 Å². The fourth-order valence-electron chi connectivity index (χ4n) is 1.19. The van der Waals surface area contributed by atoms with Gasteiger partial charge >= 0.3 is 12.0 Å². The van der Waals surface area contributed by atoms with Crippen LogP contribution in [0.2, 0.25) is 0 Å². The lowest BCUT2D eigenvalue weighted by atomic mass is 9.98. The van der Waals surface area contributed by atoms with Crippen molar-refractivity contribution < 1.29 is 19.4 Å². The number of aliphatic carboxylic acids is 1. The molecular formula is C10H12N2O4. The molecule has 6 heteroatoms. The Kier molecular flexibility index (Phi) is 3.93. The molecule has 0 spiro atoms. The van der Waals surface area contributed by atoms with Crippen LogP contribution < -0.4 is 4.74 Å². The summed E-state index contributed by atoms with van der Waals surface area (Å²) in [5, 5.41) is 8.82. The summed E-state index contributed by atoms with van der Waals surface area (Å²) in [4.78, 5) is 29.5. The van der Waals surface area contributed by atoms with E-state index in [2.05, 4.69) is 9.97 Å². The van der Waals surface area contributed by atoms with Gasteiger partial charge in [0, 0.05) is 12.4 Å². The molecule has 0 saturated heterocycles. The van der Waals surface area contributed by atoms with Gasteiger partial charge in [-0.15, -0.1) is 0 Å². The van der Waals surface area contributed by atoms with E-state index in [1.165, 1.54) is 26.4 Å². The number of rotatable bonds is 5. The molecule has 1 rings (SSSR count). The minimum atomic E-state index is -1.14. The molecule has 1 aromatic rings. The molecule has 0 amide bonds. The van der Waals surface area contributed by atoms with Crippen LogP contribution in [0.5, 0.6) is 6.01 Å². The number of ketones is 1. The highest BCUT2D eigenvalue weighted by molar-refractivity contribution is 5.97. The molecule has 0 aliphatic carbocycles. The van der Waals surface area contributed by atoms with Gasteiger partial charge in [0.25, 0.3) is 0 Å². The number of hydrogen-bond acceptors (Lipinski definition) is 5. The average Bonchev–Trinajstić information content (AvgIpc) is 2.25. The molecular weight excluding hydrogens is 212 g/mol. The van der Waals surface area contributed by atoms with Gasteiger partial charge in [-0.1, -0.05) is 0 Å². The van der Waals surface area contributed by atoms with Crippen molar-refractivity contribution in [1.82, 2.24) is 9.97 Å². The first-order valence-electron chi connectivity index (χ1n) is 4.62. The number of ether oxygens (including phenoxy) is 1. The van der Waals surface area contributed by atoms with Crippen LogP contribution in [0.25, 0.3) is 0 Å². The lowest BCUT2D eigenvalue weighted by Crippen LogP contribution is -2.23. The molecule has 0 aliphatic rings. The Morgan fingerprint density at radius 2 is 2.00 bits per heavy atom. The second-order valence-electron chi connectivity index (χ2n) is 3.28. The number of aromatic nitrogens is 2. The van der Waals surface area contributed by atoms with E-state index >= 15 is 0 Å². The monoisotopic (exact) mass is 224 g/mol. The van der Waals surface area contributed by atoms with Gasteiger partial charge < -0.3 is 9.84 Å². The summed E-state index contributed by atoms with van der Waals surface area (Å²) >= 11 is 0. The second-order valence-corrected chi connectivity index (χ2v) is 3.28. The molecule has 16 heavy (non-hydrogen) atoms. The SMILES string of the molecule is COc1ncc(CC(C(C)=O)C(=O)O)cn1. The number of Topliss-reactive ketones (excluding diaryl/α,β-unsaturated/α-hetero) is 1. The third kappa shape index (κ3) is 3.01. The molecule has 86 valence electrons. The van der Waals surface area contributed by atoms with Crippen molar-refractivity contribution in [3.05, 3.63) is 18.0 Å². The van der Waals surface area contributed by atoms with E-state index in [4.69, 9.17) is 9.84 Å². The molecule has 6 nitrogen and oxygen atoms in total. The van der Waals surface area contributed by atoms with Gasteiger partial charge in [0.2, 0.25) is 0 Å². The number of hydrogen-bond donors (Lipinski definition) is 1. The highest BCUT2D eigenvalue weighted by Crippen LogP contribution is 2.10. The minimum Gasteiger partial charge on any atom is -0.481 e. The van der Waals surface area contributed by atoms with Gasteiger partial charge in [-0.05, 0) is 18.9 Å². The minimum absolute atomic E-state index is 0.0919. The van der Waals surface area contributed by atoms with Gasteiger partial charge in [0.05, 0.1) is 7.11 Å². The Morgan fingerprint density at radius 1 is 1.44 bits per heavy atom. The third-order valence-electron chi connectivity index (χ3n) is 2.09. The van der Waals surface area contributed by atoms with Crippen LogP contribution in [0.15, 0.2) is 12.4 Å². The standard InChI is InChI=1S/C10H12N2O4/c1-6(13)8(9(14)15)3-7-4-11-10(16-2)12-5-7/h4-5,8H,3H2,1-2H3,(H,14,15). The van der Waals surface area contributed by atoms with Crippen molar-refractivity contribution in [3.63, 3.8) is 0 Å². The molecule has 1 N–H and O–H groups in total. The van der Waals surface area contributed by atoms with Gasteiger partial charge in [-0.2, -0.15) is 0 Å². The largest absolute Gasteiger partial charge is 0.481 e. The lowest BCUT2D eigenvalue weighted by molar-refractivity contribution is -0.145. The van der Waals surface area contributed by atoms with Crippen LogP contribution in [0.1, 0.15) is 12.5 Å². The van der Waals surface area contributed by atoms with E-state index in [0.717, 1.165) is 0 Å². The normalized spacial score (nSPS) is 11.9. The zero-order valence-corrected chi connectivity index (χ0v) is 9.01. The highest BCUT2D eigenvalue weighted by atomic mass is 16.5. The average molecular weight is 224 g/mol. The van der Waals surface area contributed by atoms with Crippen molar-refractivity contribution in [3.8, 4) is 6.01 Å². The van der Waals surface area contributed by atoms with Crippen LogP contribution in [0.4, 0.5) is 0 Å². The van der Waals surface area contributed by atoms with Crippen molar-refractivity contribution in [2.75, 3.05) is 7.11 Å². The first-order chi connectivity index (χ1) is 7.54. The summed E-state index contributed by atoms with van der Waals surface area (Å²) in [7, 11) is 1.44. The van der Waals surface area contributed by atoms with Gasteiger partial charge in [0.1, 0.15) is 11.7 Å². The number of carbonyl (C=O) groups excluding carboxylic acids is 1. The van der Waals surface area contributed by atoms with Gasteiger partial charge in [-0.25, -0.2) is 9.97 Å². The Labute approximate surface area is 92.3 Å². The Balaban J connectivity index is 2.77. The lowest BCUT2D eigenvalue weighted by Gasteiger charge is -2.07. The molecule has 0 fully saturated rings. The van der Waals surface area contributed by atoms with E-state index in [1.807, 2.05) is 0 Å². The Hall–Kier alpha value is -1.98. The smallest absolute Gasteiger partial charge is 0.316 e. The van der Waals surface area contributed by atoms with E-state index in [-0.39, 0.29) is 18.2 Å². The van der Waals surface area contributed by atoms with Gasteiger partial charge in [-0.3, -0.25) is 9.59 Å². The summed E-state index contributed by atoms with van der Waals surface area (Å²) in [5.74, 6) is -2.57.